The molecule has 30 heavy (non-hydrogen) atoms. The molecule has 11 heteroatoms. The molecule has 0 atom stereocenters. The maximum absolute atomic E-state index is 12.8. The molecular weight excluding hydrogens is 403 g/mol. The van der Waals surface area contributed by atoms with Crippen molar-refractivity contribution in [1.82, 2.24) is 19.6 Å². The van der Waals surface area contributed by atoms with E-state index >= 15 is 0 Å². The van der Waals surface area contributed by atoms with E-state index in [4.69, 9.17) is 4.74 Å². The van der Waals surface area contributed by atoms with Crippen molar-refractivity contribution in [2.75, 3.05) is 11.9 Å². The second kappa shape index (κ2) is 8.39. The van der Waals surface area contributed by atoms with E-state index in [9.17, 15) is 22.8 Å². The number of nitrogens with zero attached hydrogens (tertiary/aromatic N) is 4. The fourth-order valence-electron chi connectivity index (χ4n) is 2.72. The summed E-state index contributed by atoms with van der Waals surface area (Å²) in [6.07, 6.45) is -1.58. The molecule has 0 radical (unpaired) electrons. The fraction of sp³-hybridized carbons (Fsp3) is 0.263. The number of aromatic nitrogens is 4. The Labute approximate surface area is 169 Å². The Bertz CT molecular complexity index is 1070. The molecule has 158 valence electrons. The summed E-state index contributed by atoms with van der Waals surface area (Å²) in [5.74, 6) is -1.17. The first-order valence-electron chi connectivity index (χ1n) is 8.88. The van der Waals surface area contributed by atoms with E-state index in [1.807, 2.05) is 0 Å². The lowest BCUT2D eigenvalue weighted by atomic mass is 10.1. The number of aryl methyl sites for hydroxylation is 1. The van der Waals surface area contributed by atoms with Gasteiger partial charge >= 0.3 is 12.1 Å². The summed E-state index contributed by atoms with van der Waals surface area (Å²) in [7, 11) is 1.51. The molecule has 0 saturated carbocycles. The number of hydrogen-bond acceptors (Lipinski definition) is 5. The van der Waals surface area contributed by atoms with E-state index in [1.165, 1.54) is 40.9 Å². The summed E-state index contributed by atoms with van der Waals surface area (Å²) in [6, 6.07) is 6.23. The van der Waals surface area contributed by atoms with Crippen LogP contribution in [0.4, 0.5) is 18.9 Å². The van der Waals surface area contributed by atoms with E-state index in [-0.39, 0.29) is 24.5 Å². The van der Waals surface area contributed by atoms with Crippen molar-refractivity contribution >= 4 is 17.6 Å². The molecule has 0 unspecified atom stereocenters. The molecule has 0 saturated heterocycles. The Morgan fingerprint density at radius 2 is 2.00 bits per heavy atom. The average molecular weight is 421 g/mol. The van der Waals surface area contributed by atoms with Crippen molar-refractivity contribution in [2.24, 2.45) is 7.05 Å². The van der Waals surface area contributed by atoms with Crippen molar-refractivity contribution < 1.29 is 27.5 Å². The topological polar surface area (TPSA) is 91.0 Å². The van der Waals surface area contributed by atoms with E-state index < -0.39 is 23.6 Å². The van der Waals surface area contributed by atoms with Gasteiger partial charge in [0.15, 0.2) is 5.69 Å². The Morgan fingerprint density at radius 1 is 1.23 bits per heavy atom. The third-order valence-corrected chi connectivity index (χ3v) is 4.09. The number of halogens is 3. The Morgan fingerprint density at radius 3 is 2.70 bits per heavy atom. The Balaban J connectivity index is 1.68. The highest BCUT2D eigenvalue weighted by molar-refractivity contribution is 6.04. The number of ether oxygens (including phenoxy) is 1. The highest BCUT2D eigenvalue weighted by Crippen LogP contribution is 2.29. The molecule has 8 nitrogen and oxygen atoms in total. The van der Waals surface area contributed by atoms with E-state index in [1.54, 1.807) is 13.0 Å². The normalized spacial score (nSPS) is 11.4. The van der Waals surface area contributed by atoms with Gasteiger partial charge in [0.25, 0.3) is 5.91 Å². The minimum Gasteiger partial charge on any atom is -0.461 e. The maximum atomic E-state index is 12.8. The van der Waals surface area contributed by atoms with Gasteiger partial charge in [0.05, 0.1) is 30.6 Å². The zero-order valence-corrected chi connectivity index (χ0v) is 16.1. The van der Waals surface area contributed by atoms with Crippen LogP contribution in [0.15, 0.2) is 42.7 Å². The first kappa shape index (κ1) is 21.1. The highest BCUT2D eigenvalue weighted by atomic mass is 19.4. The zero-order valence-electron chi connectivity index (χ0n) is 16.1. The predicted molar refractivity (Wildman–Crippen MR) is 99.9 cm³/mol. The molecule has 2 aromatic heterocycles. The van der Waals surface area contributed by atoms with Crippen LogP contribution in [0, 0.1) is 0 Å². The standard InChI is InChI=1S/C19H18F3N5O3/c1-3-30-18(29)16-8-15(25-26(16)2)17(28)24-14-9-23-27(11-14)10-12-5-4-6-13(7-12)19(20,21)22/h4-9,11H,3,10H2,1-2H3,(H,24,28). The first-order chi connectivity index (χ1) is 14.2. The van der Waals surface area contributed by atoms with Gasteiger partial charge in [0.2, 0.25) is 0 Å². The highest BCUT2D eigenvalue weighted by Gasteiger charge is 2.30. The molecular formula is C19H18F3N5O3. The molecule has 0 bridgehead atoms. The van der Waals surface area contributed by atoms with Gasteiger partial charge < -0.3 is 10.1 Å². The van der Waals surface area contributed by atoms with Gasteiger partial charge in [0, 0.05) is 19.3 Å². The zero-order chi connectivity index (χ0) is 21.9. The number of hydrogen-bond donors (Lipinski definition) is 1. The third kappa shape index (κ3) is 4.85. The van der Waals surface area contributed by atoms with Crippen LogP contribution in [-0.4, -0.2) is 38.0 Å². The maximum Gasteiger partial charge on any atom is 0.416 e. The summed E-state index contributed by atoms with van der Waals surface area (Å²) < 4.78 is 46.0. The summed E-state index contributed by atoms with van der Waals surface area (Å²) in [4.78, 5) is 24.2. The van der Waals surface area contributed by atoms with Gasteiger partial charge in [-0.2, -0.15) is 23.4 Å². The number of carbonyl (C=O) groups excluding carboxylic acids is 2. The molecule has 0 aliphatic rings. The molecule has 1 aromatic carbocycles. The van der Waals surface area contributed by atoms with Crippen LogP contribution in [0.3, 0.4) is 0 Å². The summed E-state index contributed by atoms with van der Waals surface area (Å²) in [6.45, 7) is 1.95. The second-order valence-corrected chi connectivity index (χ2v) is 6.34. The summed E-state index contributed by atoms with van der Waals surface area (Å²) in [5, 5.41) is 10.6. The average Bonchev–Trinajstić information content (AvgIpc) is 3.28. The molecule has 1 N–H and O–H groups in total. The van der Waals surface area contributed by atoms with Crippen LogP contribution < -0.4 is 5.32 Å². The lowest BCUT2D eigenvalue weighted by Gasteiger charge is -2.08. The van der Waals surface area contributed by atoms with Gasteiger partial charge in [-0.25, -0.2) is 4.79 Å². The smallest absolute Gasteiger partial charge is 0.416 e. The van der Waals surface area contributed by atoms with E-state index in [0.29, 0.717) is 11.3 Å². The third-order valence-electron chi connectivity index (χ3n) is 4.09. The number of carbonyl (C=O) groups is 2. The van der Waals surface area contributed by atoms with Gasteiger partial charge in [-0.15, -0.1) is 0 Å². The predicted octanol–water partition coefficient (Wildman–Crippen LogP) is 3.11. The number of nitrogens with one attached hydrogen (secondary N) is 1. The van der Waals surface area contributed by atoms with Crippen molar-refractivity contribution in [3.63, 3.8) is 0 Å². The SMILES string of the molecule is CCOC(=O)c1cc(C(=O)Nc2cnn(Cc3cccc(C(F)(F)F)c3)c2)nn1C. The molecule has 0 spiro atoms. The number of esters is 1. The van der Waals surface area contributed by atoms with Crippen LogP contribution in [0.2, 0.25) is 0 Å². The molecule has 0 aliphatic heterocycles. The lowest BCUT2D eigenvalue weighted by Crippen LogP contribution is -2.12. The number of benzene rings is 1. The van der Waals surface area contributed by atoms with Crippen LogP contribution in [0.1, 0.15) is 39.0 Å². The van der Waals surface area contributed by atoms with Crippen molar-refractivity contribution in [1.29, 1.82) is 0 Å². The quantitative estimate of drug-likeness (QED) is 0.618. The van der Waals surface area contributed by atoms with Gasteiger partial charge in [-0.1, -0.05) is 12.1 Å². The monoisotopic (exact) mass is 421 g/mol. The largest absolute Gasteiger partial charge is 0.461 e. The molecule has 0 aliphatic carbocycles. The minimum absolute atomic E-state index is 0.00572. The van der Waals surface area contributed by atoms with Crippen LogP contribution >= 0.6 is 0 Å². The molecule has 0 fully saturated rings. The van der Waals surface area contributed by atoms with Gasteiger partial charge in [-0.05, 0) is 24.6 Å². The fourth-order valence-corrected chi connectivity index (χ4v) is 2.72. The van der Waals surface area contributed by atoms with Crippen LogP contribution in [0.25, 0.3) is 0 Å². The number of amides is 1. The molecule has 1 amide bonds. The Kier molecular flexibility index (Phi) is 5.90. The van der Waals surface area contributed by atoms with Gasteiger partial charge in [-0.3, -0.25) is 14.2 Å². The minimum atomic E-state index is -4.43. The van der Waals surface area contributed by atoms with Crippen LogP contribution in [0.5, 0.6) is 0 Å². The summed E-state index contributed by atoms with van der Waals surface area (Å²) in [5.41, 5.74) is 0.131. The molecule has 3 aromatic rings. The van der Waals surface area contributed by atoms with Crippen molar-refractivity contribution in [3.05, 3.63) is 65.2 Å². The van der Waals surface area contributed by atoms with Crippen molar-refractivity contribution in [2.45, 2.75) is 19.6 Å². The van der Waals surface area contributed by atoms with E-state index in [2.05, 4.69) is 15.5 Å². The second-order valence-electron chi connectivity index (χ2n) is 6.34. The molecule has 2 heterocycles. The van der Waals surface area contributed by atoms with Gasteiger partial charge in [0.1, 0.15) is 5.69 Å². The lowest BCUT2D eigenvalue weighted by molar-refractivity contribution is -0.137. The summed E-state index contributed by atoms with van der Waals surface area (Å²) >= 11 is 0. The van der Waals surface area contributed by atoms with E-state index in [0.717, 1.165) is 12.1 Å². The van der Waals surface area contributed by atoms with Crippen LogP contribution in [-0.2, 0) is 24.5 Å². The first-order valence-corrected chi connectivity index (χ1v) is 8.88. The number of anilines is 1. The Hall–Kier alpha value is -3.63. The number of alkyl halides is 3. The number of rotatable bonds is 6. The molecule has 3 rings (SSSR count). The van der Waals surface area contributed by atoms with Crippen molar-refractivity contribution in [3.8, 4) is 0 Å².